The lowest BCUT2D eigenvalue weighted by molar-refractivity contribution is 0.181. The highest BCUT2D eigenvalue weighted by atomic mass is 16.5. The Morgan fingerprint density at radius 3 is 2.16 bits per heavy atom. The van der Waals surface area contributed by atoms with E-state index in [1.54, 1.807) is 0 Å². The number of hydrogen-bond acceptors (Lipinski definition) is 2. The van der Waals surface area contributed by atoms with Crippen molar-refractivity contribution < 1.29 is 4.74 Å². The van der Waals surface area contributed by atoms with Crippen molar-refractivity contribution in [2.45, 2.75) is 53.0 Å². The second-order valence-corrected chi connectivity index (χ2v) is 6.40. The molecule has 0 saturated heterocycles. The lowest BCUT2D eigenvalue weighted by Crippen LogP contribution is -2.42. The van der Waals surface area contributed by atoms with Gasteiger partial charge in [-0.25, -0.2) is 0 Å². The maximum atomic E-state index is 5.89. The second-order valence-electron chi connectivity index (χ2n) is 6.40. The normalized spacial score (nSPS) is 15.1. The number of ether oxygens (including phenoxy) is 1. The molecule has 1 rings (SSSR count). The minimum Gasteiger partial charge on any atom is -0.492 e. The zero-order chi connectivity index (χ0) is 14.5. The Morgan fingerprint density at radius 2 is 1.74 bits per heavy atom. The molecule has 2 unspecified atom stereocenters. The van der Waals surface area contributed by atoms with Gasteiger partial charge in [-0.15, -0.1) is 0 Å². The molecule has 2 atom stereocenters. The number of benzene rings is 1. The average molecular weight is 263 g/mol. The molecule has 0 aliphatic carbocycles. The second kappa shape index (κ2) is 6.95. The van der Waals surface area contributed by atoms with Gasteiger partial charge in [0.25, 0.3) is 0 Å². The topological polar surface area (TPSA) is 21.3 Å². The molecule has 2 nitrogen and oxygen atoms in total. The summed E-state index contributed by atoms with van der Waals surface area (Å²) in [7, 11) is 1.99. The zero-order valence-corrected chi connectivity index (χ0v) is 13.3. The van der Waals surface area contributed by atoms with E-state index >= 15 is 0 Å². The summed E-state index contributed by atoms with van der Waals surface area (Å²) in [6.45, 7) is 11.8. The van der Waals surface area contributed by atoms with Crippen molar-refractivity contribution in [1.82, 2.24) is 5.32 Å². The molecule has 0 aliphatic rings. The van der Waals surface area contributed by atoms with Crippen LogP contribution in [-0.4, -0.2) is 19.7 Å². The third-order valence-electron chi connectivity index (χ3n) is 3.87. The Hall–Kier alpha value is -1.02. The van der Waals surface area contributed by atoms with Crippen LogP contribution < -0.4 is 10.1 Å². The molecule has 2 heteroatoms. The van der Waals surface area contributed by atoms with E-state index in [-0.39, 0.29) is 5.41 Å². The monoisotopic (exact) mass is 263 g/mol. The van der Waals surface area contributed by atoms with Crippen molar-refractivity contribution in [3.05, 3.63) is 29.8 Å². The lowest BCUT2D eigenvalue weighted by Gasteiger charge is -2.30. The summed E-state index contributed by atoms with van der Waals surface area (Å²) in [6.07, 6.45) is 1.17. The van der Waals surface area contributed by atoms with E-state index in [2.05, 4.69) is 64.2 Å². The van der Waals surface area contributed by atoms with Crippen molar-refractivity contribution in [2.75, 3.05) is 13.7 Å². The molecular formula is C17H29NO. The van der Waals surface area contributed by atoms with Gasteiger partial charge in [0.1, 0.15) is 12.4 Å². The van der Waals surface area contributed by atoms with Crippen LogP contribution in [0.1, 0.15) is 52.5 Å². The largest absolute Gasteiger partial charge is 0.492 e. The van der Waals surface area contributed by atoms with Gasteiger partial charge in [-0.2, -0.15) is 0 Å². The van der Waals surface area contributed by atoms with E-state index in [0.717, 1.165) is 5.75 Å². The first-order chi connectivity index (χ1) is 8.88. The standard InChI is InChI=1S/C17H29NO/c1-7-13(2)14-8-10-15(11-9-14)19-12-16(18-6)17(3,4)5/h8-11,13,16,18H,7,12H2,1-6H3. The van der Waals surface area contributed by atoms with Gasteiger partial charge < -0.3 is 10.1 Å². The van der Waals surface area contributed by atoms with Gasteiger partial charge in [-0.1, -0.05) is 46.8 Å². The molecule has 1 N–H and O–H groups in total. The van der Waals surface area contributed by atoms with Crippen LogP contribution in [-0.2, 0) is 0 Å². The molecule has 0 spiro atoms. The Labute approximate surface area is 118 Å². The molecule has 108 valence electrons. The summed E-state index contributed by atoms with van der Waals surface area (Å²) in [5.74, 6) is 1.57. The van der Waals surface area contributed by atoms with Gasteiger partial charge in [0.2, 0.25) is 0 Å². The molecule has 0 radical (unpaired) electrons. The summed E-state index contributed by atoms with van der Waals surface area (Å²) in [5.41, 5.74) is 1.58. The molecule has 19 heavy (non-hydrogen) atoms. The van der Waals surface area contributed by atoms with Crippen LogP contribution in [0.3, 0.4) is 0 Å². The maximum Gasteiger partial charge on any atom is 0.119 e. The third-order valence-corrected chi connectivity index (χ3v) is 3.87. The molecule has 1 aromatic rings. The van der Waals surface area contributed by atoms with Gasteiger partial charge in [-0.05, 0) is 42.5 Å². The van der Waals surface area contributed by atoms with E-state index in [1.165, 1.54) is 12.0 Å². The highest BCUT2D eigenvalue weighted by Gasteiger charge is 2.23. The molecule has 0 bridgehead atoms. The SMILES string of the molecule is CCC(C)c1ccc(OCC(NC)C(C)(C)C)cc1. The lowest BCUT2D eigenvalue weighted by atomic mass is 9.87. The van der Waals surface area contributed by atoms with E-state index in [1.807, 2.05) is 7.05 Å². The fourth-order valence-electron chi connectivity index (χ4n) is 2.07. The Morgan fingerprint density at radius 1 is 1.16 bits per heavy atom. The molecule has 0 fully saturated rings. The molecule has 0 aliphatic heterocycles. The molecular weight excluding hydrogens is 234 g/mol. The summed E-state index contributed by atoms with van der Waals surface area (Å²) < 4.78 is 5.89. The van der Waals surface area contributed by atoms with Crippen LogP contribution >= 0.6 is 0 Å². The summed E-state index contributed by atoms with van der Waals surface area (Å²) >= 11 is 0. The van der Waals surface area contributed by atoms with Crippen molar-refractivity contribution >= 4 is 0 Å². The quantitative estimate of drug-likeness (QED) is 0.830. The van der Waals surface area contributed by atoms with Crippen LogP contribution in [0.5, 0.6) is 5.75 Å². The first kappa shape index (κ1) is 16.0. The van der Waals surface area contributed by atoms with Crippen molar-refractivity contribution in [3.63, 3.8) is 0 Å². The van der Waals surface area contributed by atoms with E-state index in [9.17, 15) is 0 Å². The van der Waals surface area contributed by atoms with Crippen molar-refractivity contribution in [2.24, 2.45) is 5.41 Å². The number of hydrogen-bond donors (Lipinski definition) is 1. The summed E-state index contributed by atoms with van der Waals surface area (Å²) in [6, 6.07) is 8.86. The minimum absolute atomic E-state index is 0.200. The van der Waals surface area contributed by atoms with Gasteiger partial charge in [-0.3, -0.25) is 0 Å². The van der Waals surface area contributed by atoms with E-state index in [4.69, 9.17) is 4.74 Å². The van der Waals surface area contributed by atoms with Crippen molar-refractivity contribution in [1.29, 1.82) is 0 Å². The van der Waals surface area contributed by atoms with Gasteiger partial charge in [0, 0.05) is 6.04 Å². The van der Waals surface area contributed by atoms with Crippen LogP contribution in [0.15, 0.2) is 24.3 Å². The molecule has 0 heterocycles. The summed E-state index contributed by atoms with van der Waals surface area (Å²) in [4.78, 5) is 0. The number of rotatable bonds is 6. The minimum atomic E-state index is 0.200. The highest BCUT2D eigenvalue weighted by molar-refractivity contribution is 5.29. The van der Waals surface area contributed by atoms with Crippen LogP contribution in [0.2, 0.25) is 0 Å². The maximum absolute atomic E-state index is 5.89. The highest BCUT2D eigenvalue weighted by Crippen LogP contribution is 2.23. The Kier molecular flexibility index (Phi) is 5.86. The predicted octanol–water partition coefficient (Wildman–Crippen LogP) is 4.21. The fraction of sp³-hybridized carbons (Fsp3) is 0.647. The van der Waals surface area contributed by atoms with Gasteiger partial charge in [0.15, 0.2) is 0 Å². The molecule has 0 aromatic heterocycles. The van der Waals surface area contributed by atoms with E-state index in [0.29, 0.717) is 18.6 Å². The summed E-state index contributed by atoms with van der Waals surface area (Å²) in [5, 5.41) is 3.33. The molecule has 1 aromatic carbocycles. The fourth-order valence-corrected chi connectivity index (χ4v) is 2.07. The van der Waals surface area contributed by atoms with Crippen LogP contribution in [0.4, 0.5) is 0 Å². The van der Waals surface area contributed by atoms with Gasteiger partial charge >= 0.3 is 0 Å². The predicted molar refractivity (Wildman–Crippen MR) is 82.9 cm³/mol. The molecule has 0 saturated carbocycles. The van der Waals surface area contributed by atoms with Crippen molar-refractivity contribution in [3.8, 4) is 5.75 Å². The smallest absolute Gasteiger partial charge is 0.119 e. The van der Waals surface area contributed by atoms with Gasteiger partial charge in [0.05, 0.1) is 0 Å². The van der Waals surface area contributed by atoms with Crippen LogP contribution in [0.25, 0.3) is 0 Å². The average Bonchev–Trinajstić information content (AvgIpc) is 2.37. The zero-order valence-electron chi connectivity index (χ0n) is 13.3. The first-order valence-corrected chi connectivity index (χ1v) is 7.28. The van der Waals surface area contributed by atoms with Crippen LogP contribution in [0, 0.1) is 5.41 Å². The Balaban J connectivity index is 2.59. The first-order valence-electron chi connectivity index (χ1n) is 7.28. The number of likely N-dealkylation sites (N-methyl/N-ethyl adjacent to an activating group) is 1. The number of nitrogens with one attached hydrogen (secondary N) is 1. The third kappa shape index (κ3) is 4.87. The Bertz CT molecular complexity index is 364. The van der Waals surface area contributed by atoms with E-state index < -0.39 is 0 Å². The molecule has 0 amide bonds.